The molecule has 1 unspecified atom stereocenters. The average Bonchev–Trinajstić information content (AvgIpc) is 2.38. The van der Waals surface area contributed by atoms with Crippen LogP contribution in [0.3, 0.4) is 0 Å². The van der Waals surface area contributed by atoms with E-state index in [9.17, 15) is 9.65 Å². The Labute approximate surface area is 107 Å². The molecule has 1 atom stereocenters. The zero-order chi connectivity index (χ0) is 13.1. The lowest BCUT2D eigenvalue weighted by Crippen LogP contribution is -2.37. The molecule has 4 heteroatoms. The zero-order valence-corrected chi connectivity index (χ0v) is 10.9. The molecule has 1 aromatic rings. The summed E-state index contributed by atoms with van der Waals surface area (Å²) in [4.78, 5) is 6.54. The molecule has 0 bridgehead atoms. The molecule has 1 fully saturated rings. The Morgan fingerprint density at radius 2 is 2.33 bits per heavy atom. The van der Waals surface area contributed by atoms with Gasteiger partial charge in [0.15, 0.2) is 0 Å². The van der Waals surface area contributed by atoms with Crippen LogP contribution >= 0.6 is 0 Å². The highest BCUT2D eigenvalue weighted by Gasteiger charge is 2.23. The molecule has 1 aromatic heterocycles. The first kappa shape index (κ1) is 12.8. The highest BCUT2D eigenvalue weighted by atomic mass is 19.1. The van der Waals surface area contributed by atoms with E-state index < -0.39 is 0 Å². The van der Waals surface area contributed by atoms with Crippen molar-refractivity contribution in [1.29, 1.82) is 5.26 Å². The van der Waals surface area contributed by atoms with Crippen molar-refractivity contribution in [2.24, 2.45) is 5.92 Å². The predicted molar refractivity (Wildman–Crippen MR) is 69.3 cm³/mol. The zero-order valence-electron chi connectivity index (χ0n) is 10.9. The highest BCUT2D eigenvalue weighted by molar-refractivity contribution is 5.58. The molecule has 1 aliphatic rings. The van der Waals surface area contributed by atoms with E-state index in [0.717, 1.165) is 36.5 Å². The van der Waals surface area contributed by atoms with E-state index in [1.165, 1.54) is 0 Å². The Bertz CT molecular complexity index is 479. The van der Waals surface area contributed by atoms with Crippen molar-refractivity contribution < 1.29 is 4.39 Å². The van der Waals surface area contributed by atoms with E-state index in [4.69, 9.17) is 0 Å². The molecule has 3 nitrogen and oxygen atoms in total. The third kappa shape index (κ3) is 2.45. The molecule has 2 heterocycles. The molecule has 18 heavy (non-hydrogen) atoms. The van der Waals surface area contributed by atoms with Crippen molar-refractivity contribution in [3.8, 4) is 6.07 Å². The van der Waals surface area contributed by atoms with Crippen LogP contribution in [0.15, 0.2) is 6.07 Å². The number of halogens is 1. The van der Waals surface area contributed by atoms with Gasteiger partial charge in [0.1, 0.15) is 11.9 Å². The van der Waals surface area contributed by atoms with Crippen molar-refractivity contribution in [1.82, 2.24) is 4.98 Å². The van der Waals surface area contributed by atoms with E-state index in [0.29, 0.717) is 12.1 Å². The summed E-state index contributed by atoms with van der Waals surface area (Å²) >= 11 is 0. The number of aryl methyl sites for hydroxylation is 2. The van der Waals surface area contributed by atoms with Gasteiger partial charge in [-0.25, -0.2) is 4.98 Å². The molecule has 0 spiro atoms. The summed E-state index contributed by atoms with van der Waals surface area (Å²) in [5, 5.41) is 9.25. The number of pyridine rings is 1. The van der Waals surface area contributed by atoms with Gasteiger partial charge in [-0.2, -0.15) is 5.26 Å². The molecule has 96 valence electrons. The lowest BCUT2D eigenvalue weighted by molar-refractivity contribution is 0.315. The maximum absolute atomic E-state index is 12.8. The largest absolute Gasteiger partial charge is 0.355 e. The van der Waals surface area contributed by atoms with Crippen LogP contribution < -0.4 is 4.90 Å². The normalized spacial score (nSPS) is 19.7. The van der Waals surface area contributed by atoms with E-state index in [2.05, 4.69) is 16.0 Å². The van der Waals surface area contributed by atoms with Gasteiger partial charge in [-0.1, -0.05) is 0 Å². The van der Waals surface area contributed by atoms with Crippen LogP contribution in [0, 0.1) is 31.1 Å². The fraction of sp³-hybridized carbons (Fsp3) is 0.571. The van der Waals surface area contributed by atoms with Crippen LogP contribution in [0.25, 0.3) is 0 Å². The Hall–Kier alpha value is -1.63. The second-order valence-corrected chi connectivity index (χ2v) is 5.00. The fourth-order valence-corrected chi connectivity index (χ4v) is 2.57. The van der Waals surface area contributed by atoms with Gasteiger partial charge in [0, 0.05) is 24.7 Å². The molecule has 1 aliphatic heterocycles. The van der Waals surface area contributed by atoms with Crippen LogP contribution in [0.1, 0.15) is 29.7 Å². The second kappa shape index (κ2) is 5.34. The molecule has 0 radical (unpaired) electrons. The maximum Gasteiger partial charge on any atom is 0.147 e. The number of alkyl halides is 1. The summed E-state index contributed by atoms with van der Waals surface area (Å²) in [6, 6.07) is 4.14. The minimum atomic E-state index is -0.289. The van der Waals surface area contributed by atoms with Crippen molar-refractivity contribution >= 4 is 5.82 Å². The molecule has 2 rings (SSSR count). The van der Waals surface area contributed by atoms with E-state index >= 15 is 0 Å². The lowest BCUT2D eigenvalue weighted by atomic mass is 9.98. The van der Waals surface area contributed by atoms with Crippen molar-refractivity contribution in [3.63, 3.8) is 0 Å². The van der Waals surface area contributed by atoms with Gasteiger partial charge in [0.05, 0.1) is 12.2 Å². The van der Waals surface area contributed by atoms with Crippen LogP contribution in [0.2, 0.25) is 0 Å². The topological polar surface area (TPSA) is 39.9 Å². The van der Waals surface area contributed by atoms with Gasteiger partial charge in [0.2, 0.25) is 0 Å². The van der Waals surface area contributed by atoms with Crippen LogP contribution in [-0.4, -0.2) is 24.7 Å². The molecule has 1 saturated heterocycles. The van der Waals surface area contributed by atoms with E-state index in [1.54, 1.807) is 0 Å². The third-order valence-electron chi connectivity index (χ3n) is 3.47. The van der Waals surface area contributed by atoms with Gasteiger partial charge in [-0.15, -0.1) is 0 Å². The van der Waals surface area contributed by atoms with Crippen molar-refractivity contribution in [3.05, 3.63) is 22.9 Å². The van der Waals surface area contributed by atoms with Gasteiger partial charge in [-0.05, 0) is 38.3 Å². The summed E-state index contributed by atoms with van der Waals surface area (Å²) in [6.07, 6.45) is 1.90. The molecular weight excluding hydrogens is 229 g/mol. The minimum absolute atomic E-state index is 0.0768. The first-order valence-electron chi connectivity index (χ1n) is 6.35. The monoisotopic (exact) mass is 247 g/mol. The van der Waals surface area contributed by atoms with E-state index in [-0.39, 0.29) is 12.6 Å². The minimum Gasteiger partial charge on any atom is -0.355 e. The molecule has 0 saturated carbocycles. The highest BCUT2D eigenvalue weighted by Crippen LogP contribution is 2.26. The Kier molecular flexibility index (Phi) is 3.81. The molecule has 0 N–H and O–H groups in total. The number of hydrogen-bond donors (Lipinski definition) is 0. The SMILES string of the molecule is Cc1cc(C)c(C#N)c(N2CCCC(CF)C2)n1. The molecule has 0 aromatic carbocycles. The Morgan fingerprint density at radius 1 is 1.56 bits per heavy atom. The lowest BCUT2D eigenvalue weighted by Gasteiger charge is -2.33. The summed E-state index contributed by atoms with van der Waals surface area (Å²) in [5.74, 6) is 0.807. The number of piperidine rings is 1. The summed E-state index contributed by atoms with van der Waals surface area (Å²) in [6.45, 7) is 5.09. The van der Waals surface area contributed by atoms with Crippen LogP contribution in [-0.2, 0) is 0 Å². The first-order valence-corrected chi connectivity index (χ1v) is 6.35. The molecular formula is C14H18FN3. The summed E-state index contributed by atoms with van der Waals surface area (Å²) in [5.41, 5.74) is 2.48. The van der Waals surface area contributed by atoms with Crippen molar-refractivity contribution in [2.75, 3.05) is 24.7 Å². The van der Waals surface area contributed by atoms with Crippen LogP contribution in [0.5, 0.6) is 0 Å². The summed E-state index contributed by atoms with van der Waals surface area (Å²) in [7, 11) is 0. The predicted octanol–water partition coefficient (Wildman–Crippen LogP) is 2.76. The fourth-order valence-electron chi connectivity index (χ4n) is 2.57. The number of rotatable bonds is 2. The molecule has 0 amide bonds. The Balaban J connectivity index is 2.35. The smallest absolute Gasteiger partial charge is 0.147 e. The second-order valence-electron chi connectivity index (χ2n) is 5.00. The summed E-state index contributed by atoms with van der Waals surface area (Å²) < 4.78 is 12.8. The number of aromatic nitrogens is 1. The van der Waals surface area contributed by atoms with E-state index in [1.807, 2.05) is 19.9 Å². The van der Waals surface area contributed by atoms with Gasteiger partial charge in [0.25, 0.3) is 0 Å². The number of nitriles is 1. The van der Waals surface area contributed by atoms with Gasteiger partial charge < -0.3 is 4.90 Å². The number of nitrogens with zero attached hydrogens (tertiary/aromatic N) is 3. The first-order chi connectivity index (χ1) is 8.65. The number of anilines is 1. The van der Waals surface area contributed by atoms with Crippen LogP contribution in [0.4, 0.5) is 10.2 Å². The van der Waals surface area contributed by atoms with Gasteiger partial charge >= 0.3 is 0 Å². The maximum atomic E-state index is 12.8. The Morgan fingerprint density at radius 3 is 3.00 bits per heavy atom. The molecule has 0 aliphatic carbocycles. The standard InChI is InChI=1S/C14H18FN3/c1-10-6-11(2)17-14(13(10)8-16)18-5-3-4-12(7-15)9-18/h6,12H,3-5,7,9H2,1-2H3. The average molecular weight is 247 g/mol. The third-order valence-corrected chi connectivity index (χ3v) is 3.47. The number of hydrogen-bond acceptors (Lipinski definition) is 3. The van der Waals surface area contributed by atoms with Crippen molar-refractivity contribution in [2.45, 2.75) is 26.7 Å². The van der Waals surface area contributed by atoms with Gasteiger partial charge in [-0.3, -0.25) is 4.39 Å². The quantitative estimate of drug-likeness (QED) is 0.806.